The highest BCUT2D eigenvalue weighted by molar-refractivity contribution is 7.99. The molecule has 0 bridgehead atoms. The zero-order chi connectivity index (χ0) is 13.8. The van der Waals surface area contributed by atoms with Crippen LogP contribution in [0.3, 0.4) is 0 Å². The van der Waals surface area contributed by atoms with Crippen molar-refractivity contribution in [3.05, 3.63) is 17.5 Å². The zero-order valence-electron chi connectivity index (χ0n) is 9.95. The first-order valence-electron chi connectivity index (χ1n) is 5.08. The highest BCUT2D eigenvalue weighted by Gasteiger charge is 2.30. The second-order valence-electron chi connectivity index (χ2n) is 3.79. The number of alkyl halides is 3. The van der Waals surface area contributed by atoms with E-state index in [2.05, 4.69) is 5.16 Å². The van der Waals surface area contributed by atoms with Crippen molar-refractivity contribution in [2.75, 3.05) is 19.3 Å². The summed E-state index contributed by atoms with van der Waals surface area (Å²) in [6.07, 6.45) is -4.36. The minimum absolute atomic E-state index is 0.0215. The second kappa shape index (κ2) is 6.12. The van der Waals surface area contributed by atoms with Crippen molar-refractivity contribution >= 4 is 17.7 Å². The molecule has 0 radical (unpaired) electrons. The Kier molecular flexibility index (Phi) is 5.06. The maximum Gasteiger partial charge on any atom is 0.406 e. The van der Waals surface area contributed by atoms with E-state index in [4.69, 9.17) is 4.52 Å². The fourth-order valence-electron chi connectivity index (χ4n) is 1.19. The molecule has 0 fully saturated rings. The van der Waals surface area contributed by atoms with Gasteiger partial charge in [0, 0.05) is 13.1 Å². The Morgan fingerprint density at radius 1 is 1.56 bits per heavy atom. The smallest absolute Gasteiger partial charge is 0.360 e. The lowest BCUT2D eigenvalue weighted by molar-refractivity contribution is -0.156. The summed E-state index contributed by atoms with van der Waals surface area (Å²) < 4.78 is 41.0. The average molecular weight is 282 g/mol. The van der Waals surface area contributed by atoms with Gasteiger partial charge in [0.05, 0.1) is 17.2 Å². The highest BCUT2D eigenvalue weighted by Crippen LogP contribution is 2.17. The molecule has 18 heavy (non-hydrogen) atoms. The molecule has 1 aromatic rings. The molecule has 0 unspecified atom stereocenters. The lowest BCUT2D eigenvalue weighted by Crippen LogP contribution is -2.36. The van der Waals surface area contributed by atoms with Crippen LogP contribution in [0.5, 0.6) is 0 Å². The summed E-state index contributed by atoms with van der Waals surface area (Å²) in [5, 5.41) is 3.67. The van der Waals surface area contributed by atoms with Crippen LogP contribution in [0, 0.1) is 6.92 Å². The Morgan fingerprint density at radius 2 is 2.22 bits per heavy atom. The monoisotopic (exact) mass is 282 g/mol. The van der Waals surface area contributed by atoms with E-state index in [-0.39, 0.29) is 5.75 Å². The zero-order valence-corrected chi connectivity index (χ0v) is 10.8. The molecule has 1 amide bonds. The molecular weight excluding hydrogens is 269 g/mol. The number of halogens is 3. The third-order valence-corrected chi connectivity index (χ3v) is 2.93. The molecule has 0 atom stereocenters. The van der Waals surface area contributed by atoms with E-state index in [1.54, 1.807) is 13.0 Å². The molecule has 0 aliphatic rings. The Balaban J connectivity index is 2.28. The molecule has 1 heterocycles. The third-order valence-electron chi connectivity index (χ3n) is 1.99. The number of aryl methyl sites for hydroxylation is 1. The molecule has 8 heteroatoms. The first kappa shape index (κ1) is 14.9. The summed E-state index contributed by atoms with van der Waals surface area (Å²) in [5.41, 5.74) is 0.728. The van der Waals surface area contributed by atoms with Crippen LogP contribution in [0.1, 0.15) is 11.5 Å². The quantitative estimate of drug-likeness (QED) is 0.831. The van der Waals surface area contributed by atoms with Crippen molar-refractivity contribution in [1.82, 2.24) is 10.1 Å². The first-order chi connectivity index (χ1) is 8.28. The summed E-state index contributed by atoms with van der Waals surface area (Å²) in [6, 6.07) is 1.72. The average Bonchev–Trinajstić information content (AvgIpc) is 2.61. The van der Waals surface area contributed by atoms with Gasteiger partial charge in [-0.15, -0.1) is 11.8 Å². The normalized spacial score (nSPS) is 11.6. The van der Waals surface area contributed by atoms with Gasteiger partial charge in [0.15, 0.2) is 0 Å². The number of hydrogen-bond donors (Lipinski definition) is 0. The maximum absolute atomic E-state index is 12.0. The van der Waals surface area contributed by atoms with Gasteiger partial charge in [0.2, 0.25) is 5.91 Å². The van der Waals surface area contributed by atoms with Crippen LogP contribution in [-0.4, -0.2) is 41.5 Å². The van der Waals surface area contributed by atoms with Gasteiger partial charge < -0.3 is 9.42 Å². The van der Waals surface area contributed by atoms with E-state index in [0.717, 1.165) is 12.7 Å². The molecule has 0 N–H and O–H groups in total. The summed E-state index contributed by atoms with van der Waals surface area (Å²) in [7, 11) is 1.13. The van der Waals surface area contributed by atoms with Gasteiger partial charge in [-0.2, -0.15) is 13.2 Å². The fourth-order valence-corrected chi connectivity index (χ4v) is 2.02. The molecule has 0 aliphatic heterocycles. The van der Waals surface area contributed by atoms with Crippen molar-refractivity contribution in [2.45, 2.75) is 18.9 Å². The second-order valence-corrected chi connectivity index (χ2v) is 4.78. The van der Waals surface area contributed by atoms with E-state index in [9.17, 15) is 18.0 Å². The van der Waals surface area contributed by atoms with Crippen LogP contribution in [0.25, 0.3) is 0 Å². The highest BCUT2D eigenvalue weighted by atomic mass is 32.2. The summed E-state index contributed by atoms with van der Waals surface area (Å²) >= 11 is 1.19. The van der Waals surface area contributed by atoms with Crippen molar-refractivity contribution in [3.63, 3.8) is 0 Å². The van der Waals surface area contributed by atoms with Crippen molar-refractivity contribution in [2.24, 2.45) is 0 Å². The largest absolute Gasteiger partial charge is 0.406 e. The number of carbonyl (C=O) groups excluding carboxylic acids is 1. The summed E-state index contributed by atoms with van der Waals surface area (Å²) in [6.45, 7) is 0.535. The van der Waals surface area contributed by atoms with Gasteiger partial charge in [-0.3, -0.25) is 4.79 Å². The molecule has 4 nitrogen and oxygen atoms in total. The molecule has 0 saturated carbocycles. The molecule has 0 aromatic carbocycles. The minimum atomic E-state index is -4.36. The van der Waals surface area contributed by atoms with Crippen LogP contribution >= 0.6 is 11.8 Å². The van der Waals surface area contributed by atoms with Crippen molar-refractivity contribution in [1.29, 1.82) is 0 Å². The Hall–Kier alpha value is -1.18. The van der Waals surface area contributed by atoms with E-state index in [1.165, 1.54) is 11.8 Å². The lowest BCUT2D eigenvalue weighted by atomic mass is 10.4. The van der Waals surface area contributed by atoms with Crippen LogP contribution in [0.2, 0.25) is 0 Å². The Bertz CT molecular complexity index is 406. The Labute approximate surface area is 106 Å². The number of aromatic nitrogens is 1. The SMILES string of the molecule is Cc1cc(CSCC(=O)N(C)CC(F)(F)F)on1. The van der Waals surface area contributed by atoms with E-state index >= 15 is 0 Å². The van der Waals surface area contributed by atoms with Gasteiger partial charge in [-0.1, -0.05) is 5.16 Å². The maximum atomic E-state index is 12.0. The van der Waals surface area contributed by atoms with Gasteiger partial charge in [0.25, 0.3) is 0 Å². The van der Waals surface area contributed by atoms with Crippen molar-refractivity contribution in [3.8, 4) is 0 Å². The number of thioether (sulfide) groups is 1. The molecule has 1 rings (SSSR count). The standard InChI is InChI=1S/C10H13F3N2O2S/c1-7-3-8(17-14-7)4-18-5-9(16)15(2)6-10(11,12)13/h3H,4-6H2,1-2H3. The number of rotatable bonds is 5. The predicted octanol–water partition coefficient (Wildman–Crippen LogP) is 2.24. The number of nitrogens with zero attached hydrogens (tertiary/aromatic N) is 2. The van der Waals surface area contributed by atoms with Crippen LogP contribution in [-0.2, 0) is 10.5 Å². The van der Waals surface area contributed by atoms with E-state index < -0.39 is 18.6 Å². The summed E-state index contributed by atoms with van der Waals surface area (Å²) in [4.78, 5) is 12.0. The molecule has 0 saturated heterocycles. The van der Waals surface area contributed by atoms with Gasteiger partial charge in [-0.25, -0.2) is 0 Å². The number of hydrogen-bond acceptors (Lipinski definition) is 4. The number of amides is 1. The van der Waals surface area contributed by atoms with Crippen LogP contribution in [0.4, 0.5) is 13.2 Å². The van der Waals surface area contributed by atoms with E-state index in [0.29, 0.717) is 16.4 Å². The van der Waals surface area contributed by atoms with Gasteiger partial charge >= 0.3 is 6.18 Å². The van der Waals surface area contributed by atoms with Crippen molar-refractivity contribution < 1.29 is 22.5 Å². The lowest BCUT2D eigenvalue weighted by Gasteiger charge is -2.18. The predicted molar refractivity (Wildman–Crippen MR) is 61.1 cm³/mol. The first-order valence-corrected chi connectivity index (χ1v) is 6.24. The molecule has 0 spiro atoms. The fraction of sp³-hybridized carbons (Fsp3) is 0.600. The number of carbonyl (C=O) groups is 1. The third kappa shape index (κ3) is 5.44. The van der Waals surface area contributed by atoms with Gasteiger partial charge in [0.1, 0.15) is 12.3 Å². The Morgan fingerprint density at radius 3 is 2.72 bits per heavy atom. The summed E-state index contributed by atoms with van der Waals surface area (Å²) in [5.74, 6) is 0.427. The molecular formula is C10H13F3N2O2S. The molecule has 102 valence electrons. The van der Waals surface area contributed by atoms with E-state index in [1.807, 2.05) is 0 Å². The van der Waals surface area contributed by atoms with Crippen LogP contribution < -0.4 is 0 Å². The molecule has 1 aromatic heterocycles. The molecule has 0 aliphatic carbocycles. The van der Waals surface area contributed by atoms with Gasteiger partial charge in [-0.05, 0) is 6.92 Å². The topological polar surface area (TPSA) is 46.3 Å². The minimum Gasteiger partial charge on any atom is -0.360 e. The van der Waals surface area contributed by atoms with Crippen LogP contribution in [0.15, 0.2) is 10.6 Å².